The minimum Gasteiger partial charge on any atom is -0.469 e. The summed E-state index contributed by atoms with van der Waals surface area (Å²) >= 11 is 0. The number of carbonyl (C=O) groups is 2. The fraction of sp³-hybridized carbons (Fsp3) is 0.333. The van der Waals surface area contributed by atoms with Gasteiger partial charge in [-0.25, -0.2) is 8.78 Å². The van der Waals surface area contributed by atoms with Crippen LogP contribution in [-0.2, 0) is 9.53 Å². The first-order valence-corrected chi connectivity index (χ1v) is 5.23. The molecule has 0 spiro atoms. The van der Waals surface area contributed by atoms with Gasteiger partial charge in [0.15, 0.2) is 11.6 Å². The van der Waals surface area contributed by atoms with Gasteiger partial charge >= 0.3 is 5.97 Å². The molecule has 0 atom stereocenters. The van der Waals surface area contributed by atoms with Crippen molar-refractivity contribution < 1.29 is 23.1 Å². The lowest BCUT2D eigenvalue weighted by molar-refractivity contribution is -0.140. The highest BCUT2D eigenvalue weighted by Gasteiger charge is 2.15. The molecule has 0 bridgehead atoms. The van der Waals surface area contributed by atoms with Crippen molar-refractivity contribution in [1.82, 2.24) is 4.90 Å². The Kier molecular flexibility index (Phi) is 4.76. The van der Waals surface area contributed by atoms with E-state index >= 15 is 0 Å². The van der Waals surface area contributed by atoms with Gasteiger partial charge in [0.05, 0.1) is 13.5 Å². The molecule has 98 valence electrons. The van der Waals surface area contributed by atoms with Gasteiger partial charge in [0.1, 0.15) is 0 Å². The number of nitrogens with zero attached hydrogens (tertiary/aromatic N) is 1. The Hall–Kier alpha value is -1.98. The maximum Gasteiger partial charge on any atom is 0.307 e. The van der Waals surface area contributed by atoms with E-state index in [1.165, 1.54) is 25.1 Å². The minimum absolute atomic E-state index is 0.0289. The summed E-state index contributed by atoms with van der Waals surface area (Å²) in [5.74, 6) is -3.02. The molecule has 1 aromatic rings. The molecule has 1 aromatic carbocycles. The number of hydrogen-bond acceptors (Lipinski definition) is 3. The molecule has 0 aliphatic rings. The highest BCUT2D eigenvalue weighted by Crippen LogP contribution is 2.10. The lowest BCUT2D eigenvalue weighted by Gasteiger charge is -2.16. The Morgan fingerprint density at radius 1 is 1.28 bits per heavy atom. The third kappa shape index (κ3) is 3.51. The maximum absolute atomic E-state index is 13.0. The van der Waals surface area contributed by atoms with Gasteiger partial charge in [-0.05, 0) is 18.2 Å². The van der Waals surface area contributed by atoms with Crippen molar-refractivity contribution in [3.05, 3.63) is 35.4 Å². The number of ether oxygens (including phenoxy) is 1. The summed E-state index contributed by atoms with van der Waals surface area (Å²) in [6.45, 7) is 0.143. The van der Waals surface area contributed by atoms with Crippen LogP contribution in [-0.4, -0.2) is 37.5 Å². The van der Waals surface area contributed by atoms with Gasteiger partial charge in [-0.3, -0.25) is 9.59 Å². The van der Waals surface area contributed by atoms with E-state index in [2.05, 4.69) is 4.74 Å². The lowest BCUT2D eigenvalue weighted by atomic mass is 10.2. The number of amides is 1. The molecule has 0 N–H and O–H groups in total. The predicted octanol–water partition coefficient (Wildman–Crippen LogP) is 1.60. The predicted molar refractivity (Wildman–Crippen MR) is 60.0 cm³/mol. The largest absolute Gasteiger partial charge is 0.469 e. The number of hydrogen-bond donors (Lipinski definition) is 0. The number of carbonyl (C=O) groups excluding carboxylic acids is 2. The number of benzene rings is 1. The van der Waals surface area contributed by atoms with Crippen LogP contribution in [0.4, 0.5) is 8.78 Å². The molecule has 0 saturated carbocycles. The molecule has 0 aliphatic heterocycles. The molecule has 0 unspecified atom stereocenters. The van der Waals surface area contributed by atoms with E-state index in [1.54, 1.807) is 0 Å². The second-order valence-corrected chi connectivity index (χ2v) is 3.68. The van der Waals surface area contributed by atoms with E-state index in [1.807, 2.05) is 0 Å². The van der Waals surface area contributed by atoms with Gasteiger partial charge in [0.25, 0.3) is 5.91 Å². The SMILES string of the molecule is COC(=O)CCN(C)C(=O)c1ccc(F)c(F)c1. The smallest absolute Gasteiger partial charge is 0.307 e. The number of rotatable bonds is 4. The minimum atomic E-state index is -1.08. The van der Waals surface area contributed by atoms with Crippen molar-refractivity contribution in [2.24, 2.45) is 0 Å². The first-order valence-electron chi connectivity index (χ1n) is 5.23. The van der Waals surface area contributed by atoms with E-state index in [0.29, 0.717) is 0 Å². The fourth-order valence-corrected chi connectivity index (χ4v) is 1.31. The quantitative estimate of drug-likeness (QED) is 0.770. The summed E-state index contributed by atoms with van der Waals surface area (Å²) in [6.07, 6.45) is 0.0441. The molecule has 0 aromatic heterocycles. The zero-order valence-corrected chi connectivity index (χ0v) is 10.1. The highest BCUT2D eigenvalue weighted by atomic mass is 19.2. The van der Waals surface area contributed by atoms with Crippen molar-refractivity contribution in [1.29, 1.82) is 0 Å². The van der Waals surface area contributed by atoms with Crippen LogP contribution in [0.25, 0.3) is 0 Å². The normalized spacial score (nSPS) is 10.0. The molecule has 0 radical (unpaired) electrons. The average molecular weight is 257 g/mol. The van der Waals surface area contributed by atoms with E-state index < -0.39 is 23.5 Å². The summed E-state index contributed by atoms with van der Waals surface area (Å²) in [5.41, 5.74) is 0.0289. The Bertz CT molecular complexity index is 463. The summed E-state index contributed by atoms with van der Waals surface area (Å²) in [6, 6.07) is 2.90. The van der Waals surface area contributed by atoms with Gasteiger partial charge in [0, 0.05) is 19.2 Å². The number of methoxy groups -OCH3 is 1. The lowest BCUT2D eigenvalue weighted by Crippen LogP contribution is -2.29. The summed E-state index contributed by atoms with van der Waals surface area (Å²) in [4.78, 5) is 23.9. The van der Waals surface area contributed by atoms with Crippen molar-refractivity contribution >= 4 is 11.9 Å². The van der Waals surface area contributed by atoms with Crippen molar-refractivity contribution in [2.75, 3.05) is 20.7 Å². The van der Waals surface area contributed by atoms with E-state index in [-0.39, 0.29) is 18.5 Å². The monoisotopic (exact) mass is 257 g/mol. The first-order chi connectivity index (χ1) is 8.45. The third-order valence-corrected chi connectivity index (χ3v) is 2.39. The molecule has 0 fully saturated rings. The van der Waals surface area contributed by atoms with Crippen LogP contribution in [0.3, 0.4) is 0 Å². The molecular weight excluding hydrogens is 244 g/mol. The highest BCUT2D eigenvalue weighted by molar-refractivity contribution is 5.94. The molecule has 0 saturated heterocycles. The summed E-state index contributed by atoms with van der Waals surface area (Å²) < 4.78 is 30.1. The van der Waals surface area contributed by atoms with Crippen LogP contribution in [0.2, 0.25) is 0 Å². The van der Waals surface area contributed by atoms with Crippen molar-refractivity contribution in [3.8, 4) is 0 Å². The zero-order valence-electron chi connectivity index (χ0n) is 10.1. The van der Waals surface area contributed by atoms with Crippen LogP contribution in [0.5, 0.6) is 0 Å². The Morgan fingerprint density at radius 2 is 1.94 bits per heavy atom. The molecule has 1 rings (SSSR count). The molecule has 0 heterocycles. The van der Waals surface area contributed by atoms with Gasteiger partial charge in [-0.1, -0.05) is 0 Å². The topological polar surface area (TPSA) is 46.6 Å². The number of halogens is 2. The second-order valence-electron chi connectivity index (χ2n) is 3.68. The third-order valence-electron chi connectivity index (χ3n) is 2.39. The van der Waals surface area contributed by atoms with E-state index in [0.717, 1.165) is 12.1 Å². The summed E-state index contributed by atoms with van der Waals surface area (Å²) in [7, 11) is 2.71. The molecule has 18 heavy (non-hydrogen) atoms. The van der Waals surface area contributed by atoms with Gasteiger partial charge < -0.3 is 9.64 Å². The molecular formula is C12H13F2NO3. The van der Waals surface area contributed by atoms with Crippen molar-refractivity contribution in [3.63, 3.8) is 0 Å². The second kappa shape index (κ2) is 6.09. The average Bonchev–Trinajstić information content (AvgIpc) is 2.37. The van der Waals surface area contributed by atoms with Crippen LogP contribution in [0.15, 0.2) is 18.2 Å². The zero-order chi connectivity index (χ0) is 13.7. The van der Waals surface area contributed by atoms with E-state index in [4.69, 9.17) is 0 Å². The molecule has 1 amide bonds. The Morgan fingerprint density at radius 3 is 2.50 bits per heavy atom. The first kappa shape index (κ1) is 14.1. The van der Waals surface area contributed by atoms with Crippen LogP contribution < -0.4 is 0 Å². The van der Waals surface area contributed by atoms with Crippen LogP contribution in [0.1, 0.15) is 16.8 Å². The molecule has 4 nitrogen and oxygen atoms in total. The fourth-order valence-electron chi connectivity index (χ4n) is 1.31. The van der Waals surface area contributed by atoms with Crippen LogP contribution >= 0.6 is 0 Å². The molecule has 6 heteroatoms. The van der Waals surface area contributed by atoms with Gasteiger partial charge in [0.2, 0.25) is 0 Å². The maximum atomic E-state index is 13.0. The van der Waals surface area contributed by atoms with Crippen LogP contribution in [0, 0.1) is 11.6 Å². The standard InChI is InChI=1S/C12H13F2NO3/c1-15(6-5-11(16)18-2)12(17)8-3-4-9(13)10(14)7-8/h3-4,7H,5-6H2,1-2H3. The number of esters is 1. The Balaban J connectivity index is 2.68. The Labute approximate surface area is 103 Å². The molecule has 0 aliphatic carbocycles. The van der Waals surface area contributed by atoms with Crippen molar-refractivity contribution in [2.45, 2.75) is 6.42 Å². The van der Waals surface area contributed by atoms with Gasteiger partial charge in [-0.15, -0.1) is 0 Å². The summed E-state index contributed by atoms with van der Waals surface area (Å²) in [5, 5.41) is 0. The van der Waals surface area contributed by atoms with E-state index in [9.17, 15) is 18.4 Å². The van der Waals surface area contributed by atoms with Gasteiger partial charge in [-0.2, -0.15) is 0 Å².